The lowest BCUT2D eigenvalue weighted by molar-refractivity contribution is -0.119. The molecule has 0 radical (unpaired) electrons. The first kappa shape index (κ1) is 9.97. The van der Waals surface area contributed by atoms with E-state index in [0.717, 1.165) is 0 Å². The lowest BCUT2D eigenvalue weighted by Crippen LogP contribution is -2.32. The molecule has 0 aliphatic heterocycles. The van der Waals surface area contributed by atoms with Crippen LogP contribution in [0.3, 0.4) is 0 Å². The van der Waals surface area contributed by atoms with E-state index in [1.54, 1.807) is 6.92 Å². The Bertz CT molecular complexity index is 166. The molecule has 4 nitrogen and oxygen atoms in total. The average Bonchev–Trinajstić information content (AvgIpc) is 1.86. The molecule has 4 heteroatoms. The van der Waals surface area contributed by atoms with Gasteiger partial charge in [0.1, 0.15) is 5.76 Å². The number of rotatable bonds is 3. The van der Waals surface area contributed by atoms with E-state index in [1.165, 1.54) is 13.0 Å². The lowest BCUT2D eigenvalue weighted by Gasteiger charge is -2.10. The molecule has 0 spiro atoms. The van der Waals surface area contributed by atoms with Gasteiger partial charge >= 0.3 is 0 Å². The van der Waals surface area contributed by atoms with Gasteiger partial charge in [0.25, 0.3) is 0 Å². The number of carbonyl (C=O) groups excluding carboxylic acids is 1. The number of carbonyl (C=O) groups is 1. The van der Waals surface area contributed by atoms with Gasteiger partial charge < -0.3 is 16.2 Å². The maximum atomic E-state index is 10.5. The summed E-state index contributed by atoms with van der Waals surface area (Å²) in [5.74, 6) is -0.0721. The molecular weight excluding hydrogens is 144 g/mol. The first-order chi connectivity index (χ1) is 5.07. The average molecular weight is 158 g/mol. The Balaban J connectivity index is 3.92. The van der Waals surface area contributed by atoms with Crippen LogP contribution in [-0.4, -0.2) is 23.6 Å². The van der Waals surface area contributed by atoms with Crippen LogP contribution in [0, 0.1) is 0 Å². The zero-order valence-corrected chi connectivity index (χ0v) is 6.79. The molecule has 0 aromatic rings. The van der Waals surface area contributed by atoms with Crippen molar-refractivity contribution in [3.05, 3.63) is 11.8 Å². The lowest BCUT2D eigenvalue weighted by atomic mass is 10.2. The van der Waals surface area contributed by atoms with Gasteiger partial charge in [0.2, 0.25) is 5.91 Å². The number of amides is 1. The second-order valence-electron chi connectivity index (χ2n) is 2.29. The third kappa shape index (κ3) is 4.38. The van der Waals surface area contributed by atoms with Gasteiger partial charge in [-0.2, -0.15) is 0 Å². The Labute approximate surface area is 66.1 Å². The van der Waals surface area contributed by atoms with E-state index in [0.29, 0.717) is 0 Å². The fraction of sp³-hybridized carbons (Fsp3) is 0.571. The van der Waals surface area contributed by atoms with Crippen molar-refractivity contribution < 1.29 is 9.90 Å². The topological polar surface area (TPSA) is 75.3 Å². The zero-order chi connectivity index (χ0) is 8.85. The quantitative estimate of drug-likeness (QED) is 0.502. The second kappa shape index (κ2) is 4.73. The Morgan fingerprint density at radius 2 is 2.36 bits per heavy atom. The number of hydrogen-bond acceptors (Lipinski definition) is 3. The fourth-order valence-corrected chi connectivity index (χ4v) is 0.676. The molecule has 1 atom stereocenters. The van der Waals surface area contributed by atoms with Gasteiger partial charge in [-0.3, -0.25) is 4.79 Å². The minimum atomic E-state index is -0.351. The van der Waals surface area contributed by atoms with Gasteiger partial charge in [-0.25, -0.2) is 0 Å². The standard InChI is InChI=1S/C7H14N2O2/c1-5(9-6(2)10)7(11)3-4-8/h3,5,11H,4,8H2,1-2H3,(H,9,10)/b7-3-/t5-/m0/s1. The molecule has 0 fully saturated rings. The number of aliphatic hydroxyl groups excluding tert-OH is 1. The van der Waals surface area contributed by atoms with Crippen molar-refractivity contribution in [1.82, 2.24) is 5.32 Å². The van der Waals surface area contributed by atoms with Crippen molar-refractivity contribution in [3.8, 4) is 0 Å². The molecule has 0 bridgehead atoms. The van der Waals surface area contributed by atoms with Crippen molar-refractivity contribution in [2.75, 3.05) is 6.54 Å². The van der Waals surface area contributed by atoms with E-state index < -0.39 is 0 Å². The number of nitrogens with two attached hydrogens (primary N) is 1. The first-order valence-electron chi connectivity index (χ1n) is 3.44. The third-order valence-corrected chi connectivity index (χ3v) is 1.19. The molecule has 0 unspecified atom stereocenters. The van der Waals surface area contributed by atoms with Gasteiger partial charge in [0.05, 0.1) is 6.04 Å². The molecule has 4 N–H and O–H groups in total. The van der Waals surface area contributed by atoms with E-state index in [2.05, 4.69) is 5.32 Å². The summed E-state index contributed by atoms with van der Waals surface area (Å²) in [6.45, 7) is 3.35. The van der Waals surface area contributed by atoms with Crippen LogP contribution in [0.25, 0.3) is 0 Å². The van der Waals surface area contributed by atoms with Crippen molar-refractivity contribution in [2.45, 2.75) is 19.9 Å². The molecule has 64 valence electrons. The highest BCUT2D eigenvalue weighted by molar-refractivity contribution is 5.73. The monoisotopic (exact) mass is 158 g/mol. The first-order valence-corrected chi connectivity index (χ1v) is 3.44. The fourth-order valence-electron chi connectivity index (χ4n) is 0.676. The van der Waals surface area contributed by atoms with Crippen LogP contribution in [0.1, 0.15) is 13.8 Å². The summed E-state index contributed by atoms with van der Waals surface area (Å²) in [5.41, 5.74) is 5.15. The Kier molecular flexibility index (Phi) is 4.29. The highest BCUT2D eigenvalue weighted by atomic mass is 16.3. The van der Waals surface area contributed by atoms with Gasteiger partial charge in [0.15, 0.2) is 0 Å². The molecule has 0 saturated carbocycles. The van der Waals surface area contributed by atoms with Gasteiger partial charge in [-0.15, -0.1) is 0 Å². The van der Waals surface area contributed by atoms with Crippen LogP contribution in [0.15, 0.2) is 11.8 Å². The normalized spacial score (nSPS) is 14.3. The smallest absolute Gasteiger partial charge is 0.217 e. The largest absolute Gasteiger partial charge is 0.510 e. The second-order valence-corrected chi connectivity index (χ2v) is 2.29. The third-order valence-electron chi connectivity index (χ3n) is 1.19. The Hall–Kier alpha value is -1.03. The van der Waals surface area contributed by atoms with Gasteiger partial charge in [-0.05, 0) is 13.0 Å². The molecule has 0 aromatic heterocycles. The van der Waals surface area contributed by atoms with Crippen LogP contribution >= 0.6 is 0 Å². The Morgan fingerprint density at radius 3 is 2.73 bits per heavy atom. The van der Waals surface area contributed by atoms with E-state index in [9.17, 15) is 4.79 Å². The molecule has 0 aliphatic carbocycles. The molecule has 0 heterocycles. The SMILES string of the molecule is CC(=O)N[C@@H](C)/C(O)=C/CN. The number of hydrogen-bond donors (Lipinski definition) is 3. The van der Waals surface area contributed by atoms with Gasteiger partial charge in [0, 0.05) is 13.5 Å². The highest BCUT2D eigenvalue weighted by Gasteiger charge is 2.06. The Morgan fingerprint density at radius 1 is 1.82 bits per heavy atom. The maximum Gasteiger partial charge on any atom is 0.217 e. The van der Waals surface area contributed by atoms with Crippen LogP contribution < -0.4 is 11.1 Å². The highest BCUT2D eigenvalue weighted by Crippen LogP contribution is 1.94. The van der Waals surface area contributed by atoms with Crippen LogP contribution in [0.4, 0.5) is 0 Å². The van der Waals surface area contributed by atoms with Crippen molar-refractivity contribution in [3.63, 3.8) is 0 Å². The molecule has 0 aromatic carbocycles. The summed E-state index contributed by atoms with van der Waals surface area (Å²) in [6, 6.07) is -0.351. The van der Waals surface area contributed by atoms with E-state index in [-0.39, 0.29) is 24.3 Å². The summed E-state index contributed by atoms with van der Waals surface area (Å²) in [6.07, 6.45) is 1.46. The van der Waals surface area contributed by atoms with E-state index >= 15 is 0 Å². The summed E-state index contributed by atoms with van der Waals surface area (Å²) in [5, 5.41) is 11.6. The number of aliphatic hydroxyl groups is 1. The molecular formula is C7H14N2O2. The molecule has 11 heavy (non-hydrogen) atoms. The summed E-state index contributed by atoms with van der Waals surface area (Å²) < 4.78 is 0. The minimum absolute atomic E-state index is 0.0997. The predicted molar refractivity (Wildman–Crippen MR) is 43.0 cm³/mol. The predicted octanol–water partition coefficient (Wildman–Crippen LogP) is -0.0884. The van der Waals surface area contributed by atoms with Crippen LogP contribution in [-0.2, 0) is 4.79 Å². The number of nitrogens with one attached hydrogen (secondary N) is 1. The van der Waals surface area contributed by atoms with Crippen molar-refractivity contribution in [1.29, 1.82) is 0 Å². The molecule has 0 aliphatic rings. The van der Waals surface area contributed by atoms with Crippen LogP contribution in [0.5, 0.6) is 0 Å². The van der Waals surface area contributed by atoms with Gasteiger partial charge in [-0.1, -0.05) is 0 Å². The van der Waals surface area contributed by atoms with E-state index in [1.807, 2.05) is 0 Å². The molecule has 0 saturated heterocycles. The summed E-state index contributed by atoms with van der Waals surface area (Å²) in [4.78, 5) is 10.5. The minimum Gasteiger partial charge on any atom is -0.510 e. The van der Waals surface area contributed by atoms with E-state index in [4.69, 9.17) is 10.8 Å². The molecule has 1 amide bonds. The maximum absolute atomic E-state index is 10.5. The van der Waals surface area contributed by atoms with Crippen molar-refractivity contribution >= 4 is 5.91 Å². The molecule has 0 rings (SSSR count). The zero-order valence-electron chi connectivity index (χ0n) is 6.79. The summed E-state index contributed by atoms with van der Waals surface area (Å²) >= 11 is 0. The van der Waals surface area contributed by atoms with Crippen LogP contribution in [0.2, 0.25) is 0 Å². The summed E-state index contributed by atoms with van der Waals surface area (Å²) in [7, 11) is 0. The van der Waals surface area contributed by atoms with Crippen molar-refractivity contribution in [2.24, 2.45) is 5.73 Å².